The highest BCUT2D eigenvalue weighted by molar-refractivity contribution is 6.21. The van der Waals surface area contributed by atoms with Gasteiger partial charge in [-0.1, -0.05) is 121 Å². The molecule has 10 rings (SSSR count). The van der Waals surface area contributed by atoms with Gasteiger partial charge in [0.05, 0.1) is 16.7 Å². The normalized spacial score (nSPS) is 12.1. The second-order valence-electron chi connectivity index (χ2n) is 12.1. The molecule has 9 aromatic rings. The van der Waals surface area contributed by atoms with E-state index in [4.69, 9.17) is 4.74 Å². The van der Waals surface area contributed by atoms with Gasteiger partial charge < -0.3 is 9.30 Å². The molecule has 2 heteroatoms. The van der Waals surface area contributed by atoms with Crippen LogP contribution in [0.4, 0.5) is 0 Å². The zero-order chi connectivity index (χ0) is 30.2. The average molecular weight is 586 g/mol. The third-order valence-corrected chi connectivity index (χ3v) is 9.57. The first-order chi connectivity index (χ1) is 22.8. The molecule has 0 atom stereocenters. The van der Waals surface area contributed by atoms with E-state index >= 15 is 0 Å². The Hall–Kier alpha value is -6.12. The number of nitrogens with zero attached hydrogens (tertiary/aromatic N) is 1. The lowest BCUT2D eigenvalue weighted by atomic mass is 9.91. The van der Waals surface area contributed by atoms with Gasteiger partial charge in [0.15, 0.2) is 0 Å². The summed E-state index contributed by atoms with van der Waals surface area (Å²) in [6.07, 6.45) is 0. The maximum absolute atomic E-state index is 6.38. The molecule has 8 aromatic carbocycles. The van der Waals surface area contributed by atoms with E-state index in [0.717, 1.165) is 17.1 Å². The molecule has 0 saturated carbocycles. The Morgan fingerprint density at radius 3 is 2.04 bits per heavy atom. The van der Waals surface area contributed by atoms with Gasteiger partial charge in [-0.2, -0.15) is 0 Å². The van der Waals surface area contributed by atoms with Crippen molar-refractivity contribution in [3.05, 3.63) is 164 Å². The van der Waals surface area contributed by atoms with Gasteiger partial charge >= 0.3 is 0 Å². The van der Waals surface area contributed by atoms with Gasteiger partial charge in [0.2, 0.25) is 0 Å². The SMILES string of the molecule is c1cc(-c2ccc3c(c2)-c2cccc4cccc(c24)O3)cc(-c2ccccc2-n2c3ccccc3c3c4ccccc4ccc32)c1. The number of rotatable bonds is 3. The Kier molecular flexibility index (Phi) is 5.31. The van der Waals surface area contributed by atoms with Crippen molar-refractivity contribution in [1.82, 2.24) is 4.57 Å². The van der Waals surface area contributed by atoms with Crippen LogP contribution in [0.2, 0.25) is 0 Å². The maximum atomic E-state index is 6.38. The molecular weight excluding hydrogens is 558 g/mol. The van der Waals surface area contributed by atoms with Gasteiger partial charge in [0.25, 0.3) is 0 Å². The van der Waals surface area contributed by atoms with Crippen LogP contribution in [0.15, 0.2) is 164 Å². The van der Waals surface area contributed by atoms with E-state index in [0.29, 0.717) is 0 Å². The standard InChI is InChI=1S/C44H27NO/c1-2-16-34-28(10-1)22-24-40-44(34)36-17-4-6-20-39(36)45(40)38-19-5-3-15-33(38)32-14-7-13-30(26-32)31-23-25-41-37(27-31)35-18-8-11-29-12-9-21-42(46-41)43(29)35/h1-27H. The van der Waals surface area contributed by atoms with Gasteiger partial charge in [-0.15, -0.1) is 0 Å². The minimum absolute atomic E-state index is 0.898. The lowest BCUT2D eigenvalue weighted by molar-refractivity contribution is 0.487. The smallest absolute Gasteiger partial charge is 0.135 e. The summed E-state index contributed by atoms with van der Waals surface area (Å²) in [5, 5.41) is 7.48. The van der Waals surface area contributed by atoms with E-state index in [-0.39, 0.29) is 0 Å². The second kappa shape index (κ2) is 9.69. The van der Waals surface area contributed by atoms with Crippen molar-refractivity contribution in [1.29, 1.82) is 0 Å². The molecule has 2 nitrogen and oxygen atoms in total. The molecule has 1 aromatic heterocycles. The summed E-state index contributed by atoms with van der Waals surface area (Å²) in [6.45, 7) is 0. The van der Waals surface area contributed by atoms with Crippen LogP contribution in [-0.2, 0) is 0 Å². The van der Waals surface area contributed by atoms with Crippen LogP contribution in [0.1, 0.15) is 0 Å². The third kappa shape index (κ3) is 3.65. The molecular formula is C44H27NO. The third-order valence-electron chi connectivity index (χ3n) is 9.57. The zero-order valence-corrected chi connectivity index (χ0v) is 24.9. The molecule has 46 heavy (non-hydrogen) atoms. The minimum Gasteiger partial charge on any atom is -0.456 e. The fourth-order valence-corrected chi connectivity index (χ4v) is 7.52. The number of ether oxygens (including phenoxy) is 1. The van der Waals surface area contributed by atoms with E-state index in [2.05, 4.69) is 168 Å². The summed E-state index contributed by atoms with van der Waals surface area (Å²) in [5.41, 5.74) is 10.7. The highest BCUT2D eigenvalue weighted by atomic mass is 16.5. The predicted octanol–water partition coefficient (Wildman–Crippen LogP) is 12.2. The summed E-state index contributed by atoms with van der Waals surface area (Å²) in [5.74, 6) is 1.82. The molecule has 1 aliphatic heterocycles. The van der Waals surface area contributed by atoms with Gasteiger partial charge in [-0.05, 0) is 80.9 Å². The van der Waals surface area contributed by atoms with Crippen LogP contribution in [0.5, 0.6) is 11.5 Å². The number of benzene rings is 8. The zero-order valence-electron chi connectivity index (χ0n) is 24.9. The van der Waals surface area contributed by atoms with Gasteiger partial charge in [-0.25, -0.2) is 0 Å². The van der Waals surface area contributed by atoms with Crippen molar-refractivity contribution < 1.29 is 4.74 Å². The molecule has 0 bridgehead atoms. The number of para-hydroxylation sites is 2. The van der Waals surface area contributed by atoms with Crippen LogP contribution in [0, 0.1) is 0 Å². The monoisotopic (exact) mass is 585 g/mol. The molecule has 0 amide bonds. The first-order valence-electron chi connectivity index (χ1n) is 15.8. The van der Waals surface area contributed by atoms with Crippen molar-refractivity contribution in [2.45, 2.75) is 0 Å². The van der Waals surface area contributed by atoms with E-state index in [9.17, 15) is 0 Å². The average Bonchev–Trinajstić information content (AvgIpc) is 3.46. The largest absolute Gasteiger partial charge is 0.456 e. The Balaban J connectivity index is 1.15. The second-order valence-corrected chi connectivity index (χ2v) is 12.1. The molecule has 1 aliphatic rings. The van der Waals surface area contributed by atoms with Gasteiger partial charge in [0, 0.05) is 27.3 Å². The summed E-state index contributed by atoms with van der Waals surface area (Å²) in [7, 11) is 0. The van der Waals surface area contributed by atoms with Crippen molar-refractivity contribution in [2.75, 3.05) is 0 Å². The molecule has 0 fully saturated rings. The Labute approximate surface area is 266 Å². The maximum Gasteiger partial charge on any atom is 0.135 e. The molecule has 214 valence electrons. The summed E-state index contributed by atoms with van der Waals surface area (Å²) in [4.78, 5) is 0. The van der Waals surface area contributed by atoms with Gasteiger partial charge in [-0.3, -0.25) is 0 Å². The summed E-state index contributed by atoms with van der Waals surface area (Å²) >= 11 is 0. The first kappa shape index (κ1) is 25.2. The minimum atomic E-state index is 0.898. The molecule has 0 unspecified atom stereocenters. The predicted molar refractivity (Wildman–Crippen MR) is 192 cm³/mol. The number of fused-ring (bicyclic) bond motifs is 7. The first-order valence-corrected chi connectivity index (χ1v) is 15.8. The molecule has 0 spiro atoms. The van der Waals surface area contributed by atoms with Crippen molar-refractivity contribution in [3.8, 4) is 50.6 Å². The fourth-order valence-electron chi connectivity index (χ4n) is 7.52. The number of hydrogen-bond acceptors (Lipinski definition) is 1. The molecule has 2 heterocycles. The number of hydrogen-bond donors (Lipinski definition) is 0. The van der Waals surface area contributed by atoms with Crippen LogP contribution in [0.25, 0.3) is 82.4 Å². The Bertz CT molecular complexity index is 2670. The van der Waals surface area contributed by atoms with Crippen LogP contribution in [0.3, 0.4) is 0 Å². The summed E-state index contributed by atoms with van der Waals surface area (Å²) in [6, 6.07) is 59.0. The van der Waals surface area contributed by atoms with Crippen molar-refractivity contribution >= 4 is 43.4 Å². The fraction of sp³-hybridized carbons (Fsp3) is 0. The van der Waals surface area contributed by atoms with Gasteiger partial charge in [0.1, 0.15) is 11.5 Å². The molecule has 0 radical (unpaired) electrons. The number of aromatic nitrogens is 1. The summed E-state index contributed by atoms with van der Waals surface area (Å²) < 4.78 is 8.82. The molecule has 0 aliphatic carbocycles. The van der Waals surface area contributed by atoms with E-state index < -0.39 is 0 Å². The Morgan fingerprint density at radius 2 is 1.09 bits per heavy atom. The van der Waals surface area contributed by atoms with Crippen LogP contribution >= 0.6 is 0 Å². The molecule has 0 saturated heterocycles. The molecule has 0 N–H and O–H groups in total. The topological polar surface area (TPSA) is 14.2 Å². The quantitative estimate of drug-likeness (QED) is 0.201. The van der Waals surface area contributed by atoms with Crippen molar-refractivity contribution in [2.24, 2.45) is 0 Å². The van der Waals surface area contributed by atoms with E-state index in [1.807, 2.05) is 0 Å². The van der Waals surface area contributed by atoms with Crippen LogP contribution in [-0.4, -0.2) is 4.57 Å². The highest BCUT2D eigenvalue weighted by Crippen LogP contribution is 2.48. The van der Waals surface area contributed by atoms with E-state index in [1.165, 1.54) is 76.9 Å². The lowest BCUT2D eigenvalue weighted by Gasteiger charge is -2.22. The highest BCUT2D eigenvalue weighted by Gasteiger charge is 2.21. The lowest BCUT2D eigenvalue weighted by Crippen LogP contribution is -1.98. The van der Waals surface area contributed by atoms with E-state index in [1.54, 1.807) is 0 Å². The Morgan fingerprint density at radius 1 is 0.370 bits per heavy atom. The van der Waals surface area contributed by atoms with Crippen LogP contribution < -0.4 is 4.74 Å². The van der Waals surface area contributed by atoms with Crippen molar-refractivity contribution in [3.63, 3.8) is 0 Å².